The van der Waals surface area contributed by atoms with Gasteiger partial charge < -0.3 is 20.7 Å². The van der Waals surface area contributed by atoms with Crippen molar-refractivity contribution < 1.29 is 14.3 Å². The van der Waals surface area contributed by atoms with Crippen LogP contribution in [-0.2, 0) is 4.79 Å². The molecule has 1 aliphatic rings. The fraction of sp³-hybridized carbons (Fsp3) is 0.600. The molecule has 144 valence electrons. The highest BCUT2D eigenvalue weighted by atomic mass is 16.5. The first-order valence-corrected chi connectivity index (χ1v) is 9.73. The van der Waals surface area contributed by atoms with Crippen LogP contribution in [0.1, 0.15) is 51.4 Å². The van der Waals surface area contributed by atoms with Gasteiger partial charge >= 0.3 is 6.03 Å². The highest BCUT2D eigenvalue weighted by Crippen LogP contribution is 2.17. The number of hydrogen-bond donors (Lipinski definition) is 3. The van der Waals surface area contributed by atoms with E-state index >= 15 is 0 Å². The van der Waals surface area contributed by atoms with Crippen LogP contribution in [0, 0.1) is 0 Å². The van der Waals surface area contributed by atoms with E-state index in [1.54, 1.807) is 0 Å². The van der Waals surface area contributed by atoms with Crippen LogP contribution in [0.5, 0.6) is 5.75 Å². The van der Waals surface area contributed by atoms with E-state index in [4.69, 9.17) is 4.74 Å². The fourth-order valence-corrected chi connectivity index (χ4v) is 3.02. The largest absolute Gasteiger partial charge is 0.494 e. The van der Waals surface area contributed by atoms with Crippen molar-refractivity contribution in [3.63, 3.8) is 0 Å². The lowest BCUT2D eigenvalue weighted by molar-refractivity contribution is -0.120. The van der Waals surface area contributed by atoms with Crippen LogP contribution in [0.25, 0.3) is 0 Å². The van der Waals surface area contributed by atoms with Gasteiger partial charge in [0.15, 0.2) is 0 Å². The van der Waals surface area contributed by atoms with Crippen LogP contribution in [0.4, 0.5) is 4.79 Å². The van der Waals surface area contributed by atoms with Crippen molar-refractivity contribution >= 4 is 11.9 Å². The van der Waals surface area contributed by atoms with E-state index in [1.807, 2.05) is 30.3 Å². The standard InChI is InChI=1S/C20H31N3O3/c24-19(13-15-22-20(25)23-17-9-3-1-4-10-17)21-14-7-8-16-26-18-11-5-2-6-12-18/h2,5-6,11-12,17H,1,3-4,7-10,13-16H2,(H,21,24)(H2,22,23,25). The number of unbranched alkanes of at least 4 members (excludes halogenated alkanes) is 1. The molecular weight excluding hydrogens is 330 g/mol. The average molecular weight is 361 g/mol. The van der Waals surface area contributed by atoms with E-state index in [0.29, 0.717) is 26.1 Å². The summed E-state index contributed by atoms with van der Waals surface area (Å²) in [4.78, 5) is 23.5. The maximum atomic E-state index is 11.8. The number of amides is 3. The van der Waals surface area contributed by atoms with Crippen molar-refractivity contribution in [2.45, 2.75) is 57.4 Å². The van der Waals surface area contributed by atoms with Gasteiger partial charge in [0.05, 0.1) is 6.61 Å². The summed E-state index contributed by atoms with van der Waals surface area (Å²) in [7, 11) is 0. The molecule has 6 heteroatoms. The Bertz CT molecular complexity index is 530. The highest BCUT2D eigenvalue weighted by molar-refractivity contribution is 5.78. The van der Waals surface area contributed by atoms with Gasteiger partial charge in [-0.1, -0.05) is 37.5 Å². The van der Waals surface area contributed by atoms with E-state index in [-0.39, 0.29) is 18.0 Å². The molecule has 1 aromatic carbocycles. The minimum absolute atomic E-state index is 0.0352. The lowest BCUT2D eigenvalue weighted by atomic mass is 9.96. The Balaban J connectivity index is 1.41. The maximum absolute atomic E-state index is 11.8. The Morgan fingerprint density at radius 2 is 1.73 bits per heavy atom. The third-order valence-corrected chi connectivity index (χ3v) is 4.48. The van der Waals surface area contributed by atoms with E-state index in [1.165, 1.54) is 19.3 Å². The number of benzene rings is 1. The SMILES string of the molecule is O=C(CCNC(=O)NC1CCCCC1)NCCCCOc1ccccc1. The van der Waals surface area contributed by atoms with Gasteiger partial charge in [0, 0.05) is 25.6 Å². The van der Waals surface area contributed by atoms with Crippen LogP contribution >= 0.6 is 0 Å². The first-order chi connectivity index (χ1) is 12.7. The van der Waals surface area contributed by atoms with Crippen LogP contribution in [0.15, 0.2) is 30.3 Å². The molecule has 1 aromatic rings. The summed E-state index contributed by atoms with van der Waals surface area (Å²) < 4.78 is 5.60. The molecule has 1 fully saturated rings. The molecule has 1 aliphatic carbocycles. The number of ether oxygens (including phenoxy) is 1. The molecule has 2 rings (SSSR count). The number of urea groups is 1. The summed E-state index contributed by atoms with van der Waals surface area (Å²) in [5.74, 6) is 0.834. The molecule has 0 heterocycles. The minimum atomic E-state index is -0.164. The molecule has 26 heavy (non-hydrogen) atoms. The van der Waals surface area contributed by atoms with Gasteiger partial charge in [-0.3, -0.25) is 4.79 Å². The number of hydrogen-bond acceptors (Lipinski definition) is 3. The molecule has 0 unspecified atom stereocenters. The molecule has 3 N–H and O–H groups in total. The van der Waals surface area contributed by atoms with Crippen molar-refractivity contribution in [1.29, 1.82) is 0 Å². The zero-order chi connectivity index (χ0) is 18.5. The van der Waals surface area contributed by atoms with Gasteiger partial charge in [0.1, 0.15) is 5.75 Å². The molecule has 0 spiro atoms. The summed E-state index contributed by atoms with van der Waals surface area (Å²) in [6.07, 6.45) is 7.81. The second-order valence-electron chi connectivity index (χ2n) is 6.70. The van der Waals surface area contributed by atoms with Crippen LogP contribution in [0.2, 0.25) is 0 Å². The van der Waals surface area contributed by atoms with Gasteiger partial charge in [-0.05, 0) is 37.8 Å². The number of carbonyl (C=O) groups is 2. The predicted molar refractivity (Wildman–Crippen MR) is 102 cm³/mol. The molecule has 0 saturated heterocycles. The first-order valence-electron chi connectivity index (χ1n) is 9.73. The third kappa shape index (κ3) is 8.74. The van der Waals surface area contributed by atoms with Crippen molar-refractivity contribution in [2.75, 3.05) is 19.7 Å². The number of nitrogens with one attached hydrogen (secondary N) is 3. The average Bonchev–Trinajstić information content (AvgIpc) is 2.66. The van der Waals surface area contributed by atoms with Gasteiger partial charge in [-0.2, -0.15) is 0 Å². The third-order valence-electron chi connectivity index (χ3n) is 4.48. The van der Waals surface area contributed by atoms with Crippen LogP contribution in [0.3, 0.4) is 0 Å². The fourth-order valence-electron chi connectivity index (χ4n) is 3.02. The highest BCUT2D eigenvalue weighted by Gasteiger charge is 2.15. The minimum Gasteiger partial charge on any atom is -0.494 e. The zero-order valence-electron chi connectivity index (χ0n) is 15.5. The summed E-state index contributed by atoms with van der Waals surface area (Å²) in [5.41, 5.74) is 0. The van der Waals surface area contributed by atoms with Gasteiger partial charge in [0.2, 0.25) is 5.91 Å². The second kappa shape index (κ2) is 12.2. The van der Waals surface area contributed by atoms with Crippen molar-refractivity contribution in [2.24, 2.45) is 0 Å². The Kier molecular flexibility index (Phi) is 9.40. The molecule has 0 aromatic heterocycles. The van der Waals surface area contributed by atoms with Gasteiger partial charge in [-0.25, -0.2) is 4.79 Å². The molecule has 6 nitrogen and oxygen atoms in total. The number of rotatable bonds is 10. The summed E-state index contributed by atoms with van der Waals surface area (Å²) >= 11 is 0. The van der Waals surface area contributed by atoms with E-state index in [0.717, 1.165) is 31.4 Å². The lowest BCUT2D eigenvalue weighted by Crippen LogP contribution is -2.43. The Labute approximate surface area is 156 Å². The molecule has 0 aliphatic heterocycles. The predicted octanol–water partition coefficient (Wildman–Crippen LogP) is 2.98. The molecule has 1 saturated carbocycles. The van der Waals surface area contributed by atoms with Crippen molar-refractivity contribution in [3.05, 3.63) is 30.3 Å². The smallest absolute Gasteiger partial charge is 0.315 e. The molecular formula is C20H31N3O3. The zero-order valence-corrected chi connectivity index (χ0v) is 15.5. The normalized spacial score (nSPS) is 14.5. The molecule has 0 radical (unpaired) electrons. The Morgan fingerprint density at radius 3 is 2.50 bits per heavy atom. The first kappa shape index (κ1) is 20.1. The van der Waals surface area contributed by atoms with Gasteiger partial charge in [0.25, 0.3) is 0 Å². The van der Waals surface area contributed by atoms with Crippen LogP contribution in [-0.4, -0.2) is 37.7 Å². The Hall–Kier alpha value is -2.24. The summed E-state index contributed by atoms with van der Waals surface area (Å²) in [6, 6.07) is 9.83. The molecule has 0 bridgehead atoms. The van der Waals surface area contributed by atoms with Crippen molar-refractivity contribution in [3.8, 4) is 5.75 Å². The quantitative estimate of drug-likeness (QED) is 0.561. The maximum Gasteiger partial charge on any atom is 0.315 e. The number of para-hydroxylation sites is 1. The monoisotopic (exact) mass is 361 g/mol. The molecule has 3 amide bonds. The topological polar surface area (TPSA) is 79.5 Å². The summed E-state index contributed by atoms with van der Waals surface area (Å²) in [6.45, 7) is 1.63. The number of carbonyl (C=O) groups excluding carboxylic acids is 2. The van der Waals surface area contributed by atoms with E-state index in [9.17, 15) is 9.59 Å². The molecule has 0 atom stereocenters. The summed E-state index contributed by atoms with van der Waals surface area (Å²) in [5, 5.41) is 8.61. The second-order valence-corrected chi connectivity index (χ2v) is 6.70. The lowest BCUT2D eigenvalue weighted by Gasteiger charge is -2.22. The Morgan fingerprint density at radius 1 is 0.962 bits per heavy atom. The van der Waals surface area contributed by atoms with E-state index in [2.05, 4.69) is 16.0 Å². The van der Waals surface area contributed by atoms with E-state index < -0.39 is 0 Å². The van der Waals surface area contributed by atoms with Crippen molar-refractivity contribution in [1.82, 2.24) is 16.0 Å². The van der Waals surface area contributed by atoms with Crippen LogP contribution < -0.4 is 20.7 Å². The van der Waals surface area contributed by atoms with Gasteiger partial charge in [-0.15, -0.1) is 0 Å².